The van der Waals surface area contributed by atoms with Crippen LogP contribution in [-0.2, 0) is 9.53 Å². The molecule has 0 spiro atoms. The fourth-order valence-corrected chi connectivity index (χ4v) is 4.45. The summed E-state index contributed by atoms with van der Waals surface area (Å²) in [6, 6.07) is 22.8. The number of hydrogen-bond donors (Lipinski definition) is 4. The first-order chi connectivity index (χ1) is 21.9. The molecule has 246 valence electrons. The Bertz CT molecular complexity index is 1350. The number of nitrogens with zero attached hydrogens (tertiary/aromatic N) is 1. The molecule has 0 fully saturated rings. The van der Waals surface area contributed by atoms with Crippen LogP contribution in [-0.4, -0.2) is 62.0 Å². The van der Waals surface area contributed by atoms with Gasteiger partial charge in [0, 0.05) is 11.2 Å². The van der Waals surface area contributed by atoms with Crippen LogP contribution in [0, 0.1) is 12.7 Å². The van der Waals surface area contributed by atoms with E-state index >= 15 is 0 Å². The summed E-state index contributed by atoms with van der Waals surface area (Å²) in [4.78, 5) is 15.8. The number of halogens is 1. The summed E-state index contributed by atoms with van der Waals surface area (Å²) in [5.41, 5.74) is 5.00. The van der Waals surface area contributed by atoms with Gasteiger partial charge in [-0.2, -0.15) is 0 Å². The molecule has 0 amide bonds. The molecule has 1 unspecified atom stereocenters. The Morgan fingerprint density at radius 2 is 1.71 bits per heavy atom. The van der Waals surface area contributed by atoms with Crippen molar-refractivity contribution in [1.82, 2.24) is 15.2 Å². The SMILES string of the molecule is C=COCC.CCCN(C)C(c1ccc(OCCCNC)cc1)c1cc2cc(C)ccc2[nH]1.NO.O=COc1ccc(F)cc1. The van der Waals surface area contributed by atoms with Crippen molar-refractivity contribution in [3.63, 3.8) is 0 Å². The molecule has 0 aliphatic heterocycles. The number of aromatic amines is 1. The van der Waals surface area contributed by atoms with Gasteiger partial charge in [-0.25, -0.2) is 10.3 Å². The molecule has 1 aromatic heterocycles. The van der Waals surface area contributed by atoms with Crippen LogP contribution in [0.2, 0.25) is 0 Å². The Morgan fingerprint density at radius 3 is 2.27 bits per heavy atom. The Labute approximate surface area is 266 Å². The molecule has 1 atom stereocenters. The zero-order valence-electron chi connectivity index (χ0n) is 27.1. The molecule has 0 bridgehead atoms. The number of aryl methyl sites for hydroxylation is 1. The molecular weight excluding hydrogens is 575 g/mol. The predicted molar refractivity (Wildman–Crippen MR) is 179 cm³/mol. The van der Waals surface area contributed by atoms with Crippen molar-refractivity contribution < 1.29 is 28.6 Å². The molecule has 3 aromatic carbocycles. The Hall–Kier alpha value is -4.22. The normalized spacial score (nSPS) is 10.7. The molecular formula is C35H49FN4O5. The van der Waals surface area contributed by atoms with E-state index in [9.17, 15) is 9.18 Å². The van der Waals surface area contributed by atoms with Gasteiger partial charge in [0.2, 0.25) is 0 Å². The van der Waals surface area contributed by atoms with Crippen LogP contribution in [0.4, 0.5) is 4.39 Å². The quantitative estimate of drug-likeness (QED) is 0.0526. The van der Waals surface area contributed by atoms with Crippen LogP contribution < -0.4 is 20.7 Å². The molecule has 0 radical (unpaired) electrons. The molecule has 5 N–H and O–H groups in total. The second kappa shape index (κ2) is 23.2. The van der Waals surface area contributed by atoms with Gasteiger partial charge in [-0.15, -0.1) is 0 Å². The summed E-state index contributed by atoms with van der Waals surface area (Å²) in [5.74, 6) is 4.43. The highest BCUT2D eigenvalue weighted by Crippen LogP contribution is 2.31. The van der Waals surface area contributed by atoms with E-state index in [4.69, 9.17) is 9.94 Å². The van der Waals surface area contributed by atoms with Gasteiger partial charge in [-0.1, -0.05) is 37.3 Å². The molecule has 9 nitrogen and oxygen atoms in total. The lowest BCUT2D eigenvalue weighted by Crippen LogP contribution is -2.26. The number of nitrogens with two attached hydrogens (primary N) is 1. The zero-order chi connectivity index (χ0) is 33.5. The number of carbonyl (C=O) groups is 1. The number of nitrogens with one attached hydrogen (secondary N) is 2. The van der Waals surface area contributed by atoms with E-state index in [2.05, 4.69) is 107 Å². The minimum atomic E-state index is -0.349. The first-order valence-corrected chi connectivity index (χ1v) is 14.9. The lowest BCUT2D eigenvalue weighted by molar-refractivity contribution is -0.120. The van der Waals surface area contributed by atoms with Crippen molar-refractivity contribution in [2.75, 3.05) is 40.4 Å². The van der Waals surface area contributed by atoms with Crippen molar-refractivity contribution in [2.24, 2.45) is 5.90 Å². The number of H-pyrrole nitrogens is 1. The van der Waals surface area contributed by atoms with Gasteiger partial charge in [-0.3, -0.25) is 9.69 Å². The average molecular weight is 625 g/mol. The number of hydrogen-bond acceptors (Lipinski definition) is 8. The smallest absolute Gasteiger partial charge is 0.298 e. The van der Waals surface area contributed by atoms with Crippen molar-refractivity contribution in [3.8, 4) is 11.5 Å². The molecule has 4 aromatic rings. The van der Waals surface area contributed by atoms with Crippen molar-refractivity contribution in [2.45, 2.75) is 39.7 Å². The maximum Gasteiger partial charge on any atom is 0.298 e. The molecule has 1 heterocycles. The van der Waals surface area contributed by atoms with E-state index in [0.29, 0.717) is 12.2 Å². The third-order valence-corrected chi connectivity index (χ3v) is 6.43. The van der Waals surface area contributed by atoms with Crippen molar-refractivity contribution in [1.29, 1.82) is 0 Å². The van der Waals surface area contributed by atoms with Gasteiger partial charge in [0.1, 0.15) is 17.3 Å². The first kappa shape index (κ1) is 38.8. The number of fused-ring (bicyclic) bond motifs is 1. The number of ether oxygens (including phenoxy) is 3. The van der Waals surface area contributed by atoms with Crippen LogP contribution in [0.15, 0.2) is 85.6 Å². The van der Waals surface area contributed by atoms with E-state index in [1.165, 1.54) is 58.3 Å². The summed E-state index contributed by atoms with van der Waals surface area (Å²) >= 11 is 0. The fraction of sp³-hybridized carbons (Fsp3) is 0.343. The molecule has 45 heavy (non-hydrogen) atoms. The van der Waals surface area contributed by atoms with Gasteiger partial charge in [0.25, 0.3) is 6.47 Å². The number of aromatic nitrogens is 1. The third kappa shape index (κ3) is 14.4. The van der Waals surface area contributed by atoms with Gasteiger partial charge in [0.15, 0.2) is 0 Å². The number of benzene rings is 3. The summed E-state index contributed by atoms with van der Waals surface area (Å²) in [7, 11) is 4.17. The van der Waals surface area contributed by atoms with E-state index in [1.807, 2.05) is 14.0 Å². The van der Waals surface area contributed by atoms with Crippen molar-refractivity contribution >= 4 is 17.4 Å². The van der Waals surface area contributed by atoms with Crippen LogP contribution in [0.1, 0.15) is 49.6 Å². The highest BCUT2D eigenvalue weighted by Gasteiger charge is 2.21. The standard InChI is InChI=1S/C24H33N3O.C7H5FO2.C4H8O.H3NO/c1-5-14-27(4)24(23-17-20-16-18(2)7-12-22(20)26-23)19-8-10-21(11-9-19)28-15-6-13-25-3;8-6-1-3-7(4-2-6)10-5-9;1-3-5-4-2;1-2/h7-12,16-17,24-26H,5-6,13-15H2,1-4H3;1-5H;3H,1,4H2,2H3;2H,1H2. The van der Waals surface area contributed by atoms with E-state index in [1.54, 1.807) is 0 Å². The summed E-state index contributed by atoms with van der Waals surface area (Å²) in [6.07, 6.45) is 3.56. The lowest BCUT2D eigenvalue weighted by Gasteiger charge is -2.27. The Balaban J connectivity index is 0.000000489. The molecule has 4 rings (SSSR count). The predicted octanol–water partition coefficient (Wildman–Crippen LogP) is 6.76. The maximum absolute atomic E-state index is 12.2. The molecule has 0 aliphatic rings. The zero-order valence-corrected chi connectivity index (χ0v) is 27.1. The Morgan fingerprint density at radius 1 is 1.04 bits per heavy atom. The monoisotopic (exact) mass is 624 g/mol. The van der Waals surface area contributed by atoms with Gasteiger partial charge in [-0.05, 0) is 119 Å². The topological polar surface area (TPSA) is 122 Å². The van der Waals surface area contributed by atoms with Crippen molar-refractivity contribution in [3.05, 3.63) is 108 Å². The van der Waals surface area contributed by atoms with E-state index in [0.717, 1.165) is 44.9 Å². The second-order valence-corrected chi connectivity index (χ2v) is 9.86. The third-order valence-electron chi connectivity index (χ3n) is 6.43. The largest absolute Gasteiger partial charge is 0.502 e. The molecule has 10 heteroatoms. The second-order valence-electron chi connectivity index (χ2n) is 9.86. The van der Waals surface area contributed by atoms with Crippen LogP contribution in [0.5, 0.6) is 11.5 Å². The lowest BCUT2D eigenvalue weighted by atomic mass is 10.0. The van der Waals surface area contributed by atoms with Crippen LogP contribution in [0.25, 0.3) is 10.9 Å². The maximum atomic E-state index is 12.2. The molecule has 0 saturated carbocycles. The number of rotatable bonds is 14. The Kier molecular flexibility index (Phi) is 20.0. The van der Waals surface area contributed by atoms with Gasteiger partial charge >= 0.3 is 0 Å². The fourth-order valence-electron chi connectivity index (χ4n) is 4.45. The average Bonchev–Trinajstić information content (AvgIpc) is 3.46. The summed E-state index contributed by atoms with van der Waals surface area (Å²) in [5, 5.41) is 10.9. The van der Waals surface area contributed by atoms with Crippen LogP contribution in [0.3, 0.4) is 0 Å². The summed E-state index contributed by atoms with van der Waals surface area (Å²) < 4.78 is 27.1. The molecule has 0 saturated heterocycles. The van der Waals surface area contributed by atoms with E-state index in [-0.39, 0.29) is 11.9 Å². The highest BCUT2D eigenvalue weighted by molar-refractivity contribution is 5.81. The number of carbonyl (C=O) groups excluding carboxylic acids is 1. The van der Waals surface area contributed by atoms with E-state index < -0.39 is 0 Å². The van der Waals surface area contributed by atoms with Gasteiger partial charge < -0.3 is 29.7 Å². The van der Waals surface area contributed by atoms with Crippen LogP contribution >= 0.6 is 0 Å². The minimum Gasteiger partial charge on any atom is -0.502 e. The first-order valence-electron chi connectivity index (χ1n) is 14.9. The highest BCUT2D eigenvalue weighted by atomic mass is 19.1. The molecule has 0 aliphatic carbocycles. The minimum absolute atomic E-state index is 0.200. The van der Waals surface area contributed by atoms with Gasteiger partial charge in [0.05, 0.1) is 25.5 Å². The summed E-state index contributed by atoms with van der Waals surface area (Å²) in [6.45, 7) is 13.4.